The fourth-order valence-corrected chi connectivity index (χ4v) is 1.89. The van der Waals surface area contributed by atoms with Crippen LogP contribution in [0.5, 0.6) is 0 Å². The Labute approximate surface area is 117 Å². The highest BCUT2D eigenvalue weighted by atomic mass is 16.5. The van der Waals surface area contributed by atoms with Gasteiger partial charge in [-0.05, 0) is 39.8 Å². The van der Waals surface area contributed by atoms with Crippen molar-refractivity contribution in [1.29, 1.82) is 0 Å². The third kappa shape index (κ3) is 7.50. The maximum atomic E-state index is 11.9. The second-order valence-electron chi connectivity index (χ2n) is 5.15. The van der Waals surface area contributed by atoms with Crippen LogP contribution in [-0.2, 0) is 14.3 Å². The first-order chi connectivity index (χ1) is 9.00. The minimum Gasteiger partial charge on any atom is -0.468 e. The molecule has 0 aliphatic rings. The van der Waals surface area contributed by atoms with Gasteiger partial charge in [0.1, 0.15) is 5.54 Å². The first-order valence-electron chi connectivity index (χ1n) is 7.01. The number of nitrogens with zero attached hydrogens (tertiary/aromatic N) is 1. The monoisotopic (exact) mass is 274 g/mol. The fourth-order valence-electron chi connectivity index (χ4n) is 1.89. The summed E-state index contributed by atoms with van der Waals surface area (Å²) in [5, 5.41) is 3.29. The summed E-state index contributed by atoms with van der Waals surface area (Å²) in [4.78, 5) is 14.1. The van der Waals surface area contributed by atoms with Gasteiger partial charge in [-0.25, -0.2) is 0 Å². The average Bonchev–Trinajstić information content (AvgIpc) is 2.42. The molecule has 0 aromatic rings. The molecule has 0 aromatic carbocycles. The molecule has 0 spiro atoms. The lowest BCUT2D eigenvalue weighted by Gasteiger charge is -2.30. The predicted octanol–water partition coefficient (Wildman–Crippen LogP) is 1.28. The Bertz CT molecular complexity index is 249. The Morgan fingerprint density at radius 2 is 2.00 bits per heavy atom. The molecule has 0 aliphatic heterocycles. The number of nitrogens with one attached hydrogen (secondary N) is 1. The third-order valence-electron chi connectivity index (χ3n) is 3.28. The van der Waals surface area contributed by atoms with E-state index < -0.39 is 5.54 Å². The second-order valence-corrected chi connectivity index (χ2v) is 5.15. The standard InChI is InChI=1S/C14H30N2O3/c1-6-9-15-14(2,13(17)19-5)8-11-16(3)10-7-12-18-4/h15H,6-12H2,1-5H3. The van der Waals surface area contributed by atoms with Gasteiger partial charge in [0.15, 0.2) is 0 Å². The van der Waals surface area contributed by atoms with Crippen LogP contribution in [0.3, 0.4) is 0 Å². The highest BCUT2D eigenvalue weighted by Gasteiger charge is 2.33. The number of hydrogen-bond acceptors (Lipinski definition) is 5. The first kappa shape index (κ1) is 18.4. The van der Waals surface area contributed by atoms with Gasteiger partial charge in [0.25, 0.3) is 0 Å². The van der Waals surface area contributed by atoms with Crippen molar-refractivity contribution in [2.75, 3.05) is 47.5 Å². The van der Waals surface area contributed by atoms with Crippen molar-refractivity contribution in [1.82, 2.24) is 10.2 Å². The molecule has 0 aromatic heterocycles. The van der Waals surface area contributed by atoms with E-state index in [0.717, 1.165) is 45.5 Å². The van der Waals surface area contributed by atoms with Crippen molar-refractivity contribution < 1.29 is 14.3 Å². The minimum atomic E-state index is -0.597. The number of carbonyl (C=O) groups is 1. The summed E-state index contributed by atoms with van der Waals surface area (Å²) in [7, 11) is 5.21. The third-order valence-corrected chi connectivity index (χ3v) is 3.28. The lowest BCUT2D eigenvalue weighted by atomic mass is 9.97. The van der Waals surface area contributed by atoms with Crippen LogP contribution < -0.4 is 5.32 Å². The molecule has 19 heavy (non-hydrogen) atoms. The number of rotatable bonds is 11. The van der Waals surface area contributed by atoms with Crippen LogP contribution in [0.25, 0.3) is 0 Å². The Hall–Kier alpha value is -0.650. The van der Waals surface area contributed by atoms with Crippen LogP contribution in [0.15, 0.2) is 0 Å². The van der Waals surface area contributed by atoms with Crippen molar-refractivity contribution in [3.8, 4) is 0 Å². The van der Waals surface area contributed by atoms with Gasteiger partial charge in [-0.1, -0.05) is 6.92 Å². The Morgan fingerprint density at radius 3 is 2.53 bits per heavy atom. The summed E-state index contributed by atoms with van der Waals surface area (Å²) in [5.74, 6) is -0.189. The van der Waals surface area contributed by atoms with E-state index in [1.165, 1.54) is 7.11 Å². The zero-order valence-corrected chi connectivity index (χ0v) is 13.1. The predicted molar refractivity (Wildman–Crippen MR) is 77.3 cm³/mol. The van der Waals surface area contributed by atoms with Gasteiger partial charge in [-0.3, -0.25) is 4.79 Å². The molecule has 0 fully saturated rings. The van der Waals surface area contributed by atoms with Gasteiger partial charge >= 0.3 is 5.97 Å². The maximum Gasteiger partial charge on any atom is 0.325 e. The van der Waals surface area contributed by atoms with Gasteiger partial charge in [0.05, 0.1) is 7.11 Å². The van der Waals surface area contributed by atoms with Crippen LogP contribution in [0.1, 0.15) is 33.1 Å². The normalized spacial score (nSPS) is 14.4. The molecule has 1 N–H and O–H groups in total. The summed E-state index contributed by atoms with van der Waals surface area (Å²) < 4.78 is 9.94. The van der Waals surface area contributed by atoms with Crippen LogP contribution in [-0.4, -0.2) is 63.9 Å². The molecular weight excluding hydrogens is 244 g/mol. The van der Waals surface area contributed by atoms with Crippen LogP contribution >= 0.6 is 0 Å². The highest BCUT2D eigenvalue weighted by Crippen LogP contribution is 2.13. The SMILES string of the molecule is CCCNC(C)(CCN(C)CCCOC)C(=O)OC. The van der Waals surface area contributed by atoms with E-state index in [0.29, 0.717) is 0 Å². The van der Waals surface area contributed by atoms with Gasteiger partial charge in [0, 0.05) is 26.8 Å². The molecule has 0 saturated heterocycles. The molecule has 1 atom stereocenters. The summed E-state index contributed by atoms with van der Waals surface area (Å²) in [6.45, 7) is 7.41. The van der Waals surface area contributed by atoms with Crippen molar-refractivity contribution in [3.05, 3.63) is 0 Å². The molecule has 1 unspecified atom stereocenters. The number of methoxy groups -OCH3 is 2. The highest BCUT2D eigenvalue weighted by molar-refractivity contribution is 5.80. The van der Waals surface area contributed by atoms with Gasteiger partial charge in [0.2, 0.25) is 0 Å². The van der Waals surface area contributed by atoms with E-state index in [2.05, 4.69) is 24.2 Å². The van der Waals surface area contributed by atoms with Gasteiger partial charge in [-0.2, -0.15) is 0 Å². The molecule has 0 heterocycles. The molecule has 0 saturated carbocycles. The Morgan fingerprint density at radius 1 is 1.32 bits per heavy atom. The number of esters is 1. The van der Waals surface area contributed by atoms with Crippen molar-refractivity contribution in [2.45, 2.75) is 38.6 Å². The Balaban J connectivity index is 4.21. The molecule has 0 rings (SSSR count). The van der Waals surface area contributed by atoms with E-state index in [9.17, 15) is 4.79 Å². The van der Waals surface area contributed by atoms with E-state index in [1.54, 1.807) is 7.11 Å². The quantitative estimate of drug-likeness (QED) is 0.454. The first-order valence-corrected chi connectivity index (χ1v) is 7.01. The lowest BCUT2D eigenvalue weighted by Crippen LogP contribution is -2.52. The summed E-state index contributed by atoms with van der Waals surface area (Å²) in [6, 6.07) is 0. The zero-order valence-electron chi connectivity index (χ0n) is 13.1. The van der Waals surface area contributed by atoms with Gasteiger partial charge in [-0.15, -0.1) is 0 Å². The van der Waals surface area contributed by atoms with Crippen LogP contribution in [0.4, 0.5) is 0 Å². The zero-order chi connectivity index (χ0) is 14.7. The number of ether oxygens (including phenoxy) is 2. The number of hydrogen-bond donors (Lipinski definition) is 1. The fraction of sp³-hybridized carbons (Fsp3) is 0.929. The minimum absolute atomic E-state index is 0.189. The van der Waals surface area contributed by atoms with E-state index >= 15 is 0 Å². The lowest BCUT2D eigenvalue weighted by molar-refractivity contribution is -0.148. The van der Waals surface area contributed by atoms with Crippen molar-refractivity contribution >= 4 is 5.97 Å². The summed E-state index contributed by atoms with van der Waals surface area (Å²) in [5.41, 5.74) is -0.597. The van der Waals surface area contributed by atoms with E-state index in [1.807, 2.05) is 6.92 Å². The van der Waals surface area contributed by atoms with E-state index in [-0.39, 0.29) is 5.97 Å². The average molecular weight is 274 g/mol. The molecular formula is C14H30N2O3. The largest absolute Gasteiger partial charge is 0.468 e. The topological polar surface area (TPSA) is 50.8 Å². The van der Waals surface area contributed by atoms with Gasteiger partial charge < -0.3 is 19.7 Å². The molecule has 0 aliphatic carbocycles. The molecule has 0 amide bonds. The van der Waals surface area contributed by atoms with Crippen LogP contribution in [0, 0.1) is 0 Å². The van der Waals surface area contributed by atoms with Crippen molar-refractivity contribution in [2.24, 2.45) is 0 Å². The smallest absolute Gasteiger partial charge is 0.325 e. The summed E-state index contributed by atoms with van der Waals surface area (Å²) >= 11 is 0. The Kier molecular flexibility index (Phi) is 9.83. The molecule has 0 radical (unpaired) electrons. The summed E-state index contributed by atoms with van der Waals surface area (Å²) in [6.07, 6.45) is 2.74. The molecule has 5 heteroatoms. The van der Waals surface area contributed by atoms with Crippen molar-refractivity contribution in [3.63, 3.8) is 0 Å². The second kappa shape index (κ2) is 10.2. The molecule has 0 bridgehead atoms. The molecule has 5 nitrogen and oxygen atoms in total. The molecule has 114 valence electrons. The number of carbonyl (C=O) groups excluding carboxylic acids is 1. The van der Waals surface area contributed by atoms with Crippen LogP contribution in [0.2, 0.25) is 0 Å². The van der Waals surface area contributed by atoms with E-state index in [4.69, 9.17) is 9.47 Å². The maximum absolute atomic E-state index is 11.9.